The van der Waals surface area contributed by atoms with Crippen molar-refractivity contribution >= 4 is 23.5 Å². The summed E-state index contributed by atoms with van der Waals surface area (Å²) in [6.45, 7) is 2.95. The van der Waals surface area contributed by atoms with Crippen LogP contribution in [0.4, 0.5) is 5.82 Å². The Balaban J connectivity index is 1.56. The van der Waals surface area contributed by atoms with Crippen molar-refractivity contribution in [2.75, 3.05) is 37.0 Å². The molecule has 1 aliphatic heterocycles. The molecule has 0 atom stereocenters. The highest BCUT2D eigenvalue weighted by molar-refractivity contribution is 7.98. The van der Waals surface area contributed by atoms with Gasteiger partial charge in [0.1, 0.15) is 5.82 Å². The van der Waals surface area contributed by atoms with Crippen molar-refractivity contribution < 1.29 is 9.90 Å². The van der Waals surface area contributed by atoms with Crippen molar-refractivity contribution in [3.8, 4) is 11.1 Å². The summed E-state index contributed by atoms with van der Waals surface area (Å²) >= 11 is 1.88. The molecular formula is C28H33N3O2S. The minimum Gasteiger partial charge on any atom is -0.392 e. The Morgan fingerprint density at radius 1 is 1.03 bits per heavy atom. The van der Waals surface area contributed by atoms with E-state index in [0.717, 1.165) is 54.7 Å². The number of aromatic nitrogens is 1. The quantitative estimate of drug-likeness (QED) is 0.428. The molecule has 0 saturated carbocycles. The van der Waals surface area contributed by atoms with E-state index in [9.17, 15) is 9.90 Å². The van der Waals surface area contributed by atoms with Gasteiger partial charge < -0.3 is 15.3 Å². The van der Waals surface area contributed by atoms with E-state index in [4.69, 9.17) is 0 Å². The van der Waals surface area contributed by atoms with Crippen molar-refractivity contribution in [2.24, 2.45) is 0 Å². The van der Waals surface area contributed by atoms with Crippen LogP contribution in [0, 0.1) is 0 Å². The Morgan fingerprint density at radius 3 is 2.29 bits per heavy atom. The zero-order valence-electron chi connectivity index (χ0n) is 19.7. The first-order valence-electron chi connectivity index (χ1n) is 11.9. The maximum Gasteiger partial charge on any atom is 0.236 e. The van der Waals surface area contributed by atoms with Crippen LogP contribution in [-0.2, 0) is 16.8 Å². The van der Waals surface area contributed by atoms with Crippen LogP contribution in [0.2, 0.25) is 0 Å². The van der Waals surface area contributed by atoms with Crippen LogP contribution in [0.25, 0.3) is 11.1 Å². The number of benzene rings is 2. The van der Waals surface area contributed by atoms with Crippen molar-refractivity contribution in [3.63, 3.8) is 0 Å². The van der Waals surface area contributed by atoms with Crippen LogP contribution in [0.15, 0.2) is 72.9 Å². The van der Waals surface area contributed by atoms with E-state index in [2.05, 4.69) is 45.7 Å². The molecule has 0 aliphatic carbocycles. The lowest BCUT2D eigenvalue weighted by Crippen LogP contribution is -2.49. The summed E-state index contributed by atoms with van der Waals surface area (Å²) < 4.78 is 0. The van der Waals surface area contributed by atoms with E-state index in [1.54, 1.807) is 6.20 Å². The average molecular weight is 476 g/mol. The molecule has 5 nitrogen and oxygen atoms in total. The van der Waals surface area contributed by atoms with Gasteiger partial charge in [0.05, 0.1) is 12.0 Å². The minimum atomic E-state index is -0.577. The fourth-order valence-corrected chi connectivity index (χ4v) is 5.11. The number of rotatable bonds is 9. The van der Waals surface area contributed by atoms with E-state index in [-0.39, 0.29) is 12.5 Å². The largest absolute Gasteiger partial charge is 0.392 e. The van der Waals surface area contributed by atoms with E-state index < -0.39 is 5.41 Å². The predicted octanol–water partition coefficient (Wildman–Crippen LogP) is 4.97. The number of aliphatic hydroxyl groups is 1. The van der Waals surface area contributed by atoms with Crippen molar-refractivity contribution in [1.82, 2.24) is 9.88 Å². The standard InChI is InChI=1S/C28H33N3O2S/c1-34-20-4-17-31-18-14-28(15-19-31,27(33)30-26-5-2-3-16-29-26)25-12-10-24(11-13-25)23-8-6-22(21-32)7-9-23/h2-3,5-13,16,32H,4,14-15,17-21H2,1H3,(H,29,30,33). The molecule has 2 N–H and O–H groups in total. The van der Waals surface area contributed by atoms with Crippen molar-refractivity contribution in [3.05, 3.63) is 84.1 Å². The first-order valence-corrected chi connectivity index (χ1v) is 13.3. The van der Waals surface area contributed by atoms with Crippen molar-refractivity contribution in [2.45, 2.75) is 31.3 Å². The molecule has 1 fully saturated rings. The van der Waals surface area contributed by atoms with Gasteiger partial charge in [-0.3, -0.25) is 4.79 Å². The van der Waals surface area contributed by atoms with E-state index >= 15 is 0 Å². The van der Waals surface area contributed by atoms with Gasteiger partial charge in [0.15, 0.2) is 0 Å². The first-order chi connectivity index (χ1) is 16.6. The number of thioether (sulfide) groups is 1. The summed E-state index contributed by atoms with van der Waals surface area (Å²) in [4.78, 5) is 20.5. The number of piperidine rings is 1. The molecule has 0 radical (unpaired) electrons. The molecule has 0 spiro atoms. The van der Waals surface area contributed by atoms with Crippen LogP contribution in [0.1, 0.15) is 30.4 Å². The summed E-state index contributed by atoms with van der Waals surface area (Å²) in [7, 11) is 0. The zero-order chi connectivity index (χ0) is 23.8. The number of hydrogen-bond donors (Lipinski definition) is 2. The highest BCUT2D eigenvalue weighted by Gasteiger charge is 2.43. The second-order valence-corrected chi connectivity index (χ2v) is 9.86. The molecular weight excluding hydrogens is 442 g/mol. The molecule has 0 unspecified atom stereocenters. The van der Waals surface area contributed by atoms with Crippen molar-refractivity contribution in [1.29, 1.82) is 0 Å². The number of aliphatic hydroxyl groups excluding tert-OH is 1. The van der Waals surface area contributed by atoms with Gasteiger partial charge >= 0.3 is 0 Å². The Kier molecular flexibility index (Phi) is 8.38. The Bertz CT molecular complexity index is 1050. The van der Waals surface area contributed by atoms with Gasteiger partial charge in [0.2, 0.25) is 5.91 Å². The van der Waals surface area contributed by atoms with Gasteiger partial charge in [0, 0.05) is 6.20 Å². The lowest BCUT2D eigenvalue weighted by atomic mass is 9.71. The van der Waals surface area contributed by atoms with E-state index in [1.807, 2.05) is 54.2 Å². The third-order valence-corrected chi connectivity index (χ3v) is 7.48. The summed E-state index contributed by atoms with van der Waals surface area (Å²) in [5, 5.41) is 12.4. The van der Waals surface area contributed by atoms with E-state index in [1.165, 1.54) is 12.2 Å². The minimum absolute atomic E-state index is 0.0232. The Labute approximate surface area is 206 Å². The molecule has 4 rings (SSSR count). The number of hydrogen-bond acceptors (Lipinski definition) is 5. The van der Waals surface area contributed by atoms with Crippen LogP contribution in [0.3, 0.4) is 0 Å². The van der Waals surface area contributed by atoms with Gasteiger partial charge in [-0.05, 0) is 85.3 Å². The summed E-state index contributed by atoms with van der Waals surface area (Å²) in [5.41, 5.74) is 3.57. The smallest absolute Gasteiger partial charge is 0.236 e. The highest BCUT2D eigenvalue weighted by Crippen LogP contribution is 2.38. The number of likely N-dealkylation sites (tertiary alicyclic amines) is 1. The molecule has 0 bridgehead atoms. The fraction of sp³-hybridized carbons (Fsp3) is 0.357. The average Bonchev–Trinajstić information content (AvgIpc) is 2.90. The van der Waals surface area contributed by atoms with Crippen LogP contribution in [0.5, 0.6) is 0 Å². The SMILES string of the molecule is CSCCCN1CCC(C(=O)Nc2ccccn2)(c2ccc(-c3ccc(CO)cc3)cc2)CC1. The second-order valence-electron chi connectivity index (χ2n) is 8.87. The van der Waals surface area contributed by atoms with Crippen LogP contribution in [-0.4, -0.2) is 52.5 Å². The van der Waals surface area contributed by atoms with E-state index in [0.29, 0.717) is 5.82 Å². The van der Waals surface area contributed by atoms with Gasteiger partial charge in [-0.25, -0.2) is 4.98 Å². The Morgan fingerprint density at radius 2 is 1.71 bits per heavy atom. The lowest BCUT2D eigenvalue weighted by Gasteiger charge is -2.41. The molecule has 1 amide bonds. The van der Waals surface area contributed by atoms with Crippen LogP contribution < -0.4 is 5.32 Å². The monoisotopic (exact) mass is 475 g/mol. The third-order valence-electron chi connectivity index (χ3n) is 6.78. The predicted molar refractivity (Wildman–Crippen MR) is 141 cm³/mol. The third kappa shape index (κ3) is 5.69. The molecule has 1 aromatic heterocycles. The topological polar surface area (TPSA) is 65.5 Å². The summed E-state index contributed by atoms with van der Waals surface area (Å²) in [5.74, 6) is 1.78. The Hall–Kier alpha value is -2.67. The molecule has 178 valence electrons. The molecule has 2 aromatic carbocycles. The molecule has 6 heteroatoms. The maximum atomic E-state index is 13.7. The summed E-state index contributed by atoms with van der Waals surface area (Å²) in [6.07, 6.45) is 6.60. The first kappa shape index (κ1) is 24.5. The molecule has 3 aromatic rings. The maximum absolute atomic E-state index is 13.7. The number of nitrogens with zero attached hydrogens (tertiary/aromatic N) is 2. The number of carbonyl (C=O) groups is 1. The second kappa shape index (κ2) is 11.6. The molecule has 34 heavy (non-hydrogen) atoms. The van der Waals surface area contributed by atoms with Gasteiger partial charge in [-0.1, -0.05) is 54.6 Å². The number of anilines is 1. The molecule has 1 aliphatic rings. The van der Waals surface area contributed by atoms with Gasteiger partial charge in [-0.2, -0.15) is 11.8 Å². The number of nitrogens with one attached hydrogen (secondary N) is 1. The fourth-order valence-electron chi connectivity index (χ4n) is 4.69. The molecule has 1 saturated heterocycles. The van der Waals surface area contributed by atoms with Gasteiger partial charge in [0.25, 0.3) is 0 Å². The normalized spacial score (nSPS) is 15.7. The highest BCUT2D eigenvalue weighted by atomic mass is 32.2. The number of amides is 1. The zero-order valence-corrected chi connectivity index (χ0v) is 20.6. The van der Waals surface area contributed by atoms with Crippen LogP contribution >= 0.6 is 11.8 Å². The number of pyridine rings is 1. The lowest BCUT2D eigenvalue weighted by molar-refractivity contribution is -0.123. The summed E-state index contributed by atoms with van der Waals surface area (Å²) in [6, 6.07) is 21.9. The van der Waals surface area contributed by atoms with Gasteiger partial charge in [-0.15, -0.1) is 0 Å². The molecule has 2 heterocycles. The number of carbonyl (C=O) groups excluding carboxylic acids is 1.